The molecule has 0 atom stereocenters. The second kappa shape index (κ2) is 5.27. The number of thiophene rings is 1. The highest BCUT2D eigenvalue weighted by molar-refractivity contribution is 9.11. The van der Waals surface area contributed by atoms with E-state index in [0.717, 1.165) is 14.4 Å². The predicted octanol–water partition coefficient (Wildman–Crippen LogP) is 4.27. The standard InChI is InChI=1S/C12H11BrN2S/c1-9-2-4-10(5-3-9)15-14-8-11-6-7-12(13)16-11/h2-8,15H,1H3/b14-8+. The smallest absolute Gasteiger partial charge is 0.0705 e. The van der Waals surface area contributed by atoms with Crippen molar-refractivity contribution in [2.75, 3.05) is 5.43 Å². The van der Waals surface area contributed by atoms with Gasteiger partial charge in [0.2, 0.25) is 0 Å². The number of hydrogen-bond acceptors (Lipinski definition) is 3. The van der Waals surface area contributed by atoms with Crippen LogP contribution in [-0.2, 0) is 0 Å². The van der Waals surface area contributed by atoms with Gasteiger partial charge in [-0.15, -0.1) is 11.3 Å². The Labute approximate surface area is 107 Å². The van der Waals surface area contributed by atoms with Crippen LogP contribution in [0.2, 0.25) is 0 Å². The Bertz CT molecular complexity index is 488. The molecule has 1 aromatic heterocycles. The van der Waals surface area contributed by atoms with Crippen molar-refractivity contribution in [3.8, 4) is 0 Å². The molecule has 82 valence electrons. The highest BCUT2D eigenvalue weighted by Crippen LogP contribution is 2.20. The molecule has 2 aromatic rings. The number of rotatable bonds is 3. The fourth-order valence-corrected chi connectivity index (χ4v) is 2.49. The Morgan fingerprint density at radius 1 is 1.19 bits per heavy atom. The number of halogens is 1. The molecule has 1 heterocycles. The van der Waals surface area contributed by atoms with E-state index in [1.54, 1.807) is 11.3 Å². The molecule has 2 rings (SSSR count). The lowest BCUT2D eigenvalue weighted by Crippen LogP contribution is -1.88. The van der Waals surface area contributed by atoms with Crippen LogP contribution in [0.1, 0.15) is 10.4 Å². The van der Waals surface area contributed by atoms with Gasteiger partial charge in [-0.2, -0.15) is 5.10 Å². The van der Waals surface area contributed by atoms with Crippen molar-refractivity contribution in [1.29, 1.82) is 0 Å². The quantitative estimate of drug-likeness (QED) is 0.664. The van der Waals surface area contributed by atoms with Gasteiger partial charge in [-0.05, 0) is 47.1 Å². The third-order valence-corrected chi connectivity index (χ3v) is 3.59. The van der Waals surface area contributed by atoms with Gasteiger partial charge >= 0.3 is 0 Å². The average Bonchev–Trinajstić information content (AvgIpc) is 2.67. The molecule has 0 spiro atoms. The first-order chi connectivity index (χ1) is 7.74. The Kier molecular flexibility index (Phi) is 3.74. The Balaban J connectivity index is 1.97. The minimum atomic E-state index is 0.998. The number of hydrogen-bond donors (Lipinski definition) is 1. The third kappa shape index (κ3) is 3.18. The fraction of sp³-hybridized carbons (Fsp3) is 0.0833. The number of nitrogens with one attached hydrogen (secondary N) is 1. The number of benzene rings is 1. The van der Waals surface area contributed by atoms with Gasteiger partial charge in [0.05, 0.1) is 15.7 Å². The van der Waals surface area contributed by atoms with Crippen molar-refractivity contribution in [3.63, 3.8) is 0 Å². The highest BCUT2D eigenvalue weighted by Gasteiger charge is 1.93. The summed E-state index contributed by atoms with van der Waals surface area (Å²) in [6, 6.07) is 12.2. The van der Waals surface area contributed by atoms with Crippen molar-refractivity contribution in [2.24, 2.45) is 5.10 Å². The molecule has 0 aliphatic rings. The lowest BCUT2D eigenvalue weighted by Gasteiger charge is -1.99. The zero-order valence-electron chi connectivity index (χ0n) is 8.77. The van der Waals surface area contributed by atoms with Crippen LogP contribution in [0.5, 0.6) is 0 Å². The molecular weight excluding hydrogens is 284 g/mol. The SMILES string of the molecule is Cc1ccc(N/N=C/c2ccc(Br)s2)cc1. The topological polar surface area (TPSA) is 24.4 Å². The molecule has 0 fully saturated rings. The molecule has 0 aliphatic heterocycles. The highest BCUT2D eigenvalue weighted by atomic mass is 79.9. The maximum atomic E-state index is 4.17. The second-order valence-electron chi connectivity index (χ2n) is 3.38. The largest absolute Gasteiger partial charge is 0.278 e. The van der Waals surface area contributed by atoms with E-state index in [1.165, 1.54) is 5.56 Å². The van der Waals surface area contributed by atoms with Crippen LogP contribution in [0.15, 0.2) is 45.3 Å². The van der Waals surface area contributed by atoms with Crippen LogP contribution in [0.25, 0.3) is 0 Å². The molecule has 0 radical (unpaired) electrons. The van der Waals surface area contributed by atoms with E-state index >= 15 is 0 Å². The first kappa shape index (κ1) is 11.4. The van der Waals surface area contributed by atoms with Gasteiger partial charge in [-0.25, -0.2) is 0 Å². The molecule has 1 aromatic carbocycles. The summed E-state index contributed by atoms with van der Waals surface area (Å²) in [5, 5.41) is 4.17. The molecule has 1 N–H and O–H groups in total. The molecule has 0 bridgehead atoms. The van der Waals surface area contributed by atoms with Gasteiger partial charge < -0.3 is 0 Å². The summed E-state index contributed by atoms with van der Waals surface area (Å²) >= 11 is 5.07. The summed E-state index contributed by atoms with van der Waals surface area (Å²) < 4.78 is 1.12. The lowest BCUT2D eigenvalue weighted by atomic mass is 10.2. The van der Waals surface area contributed by atoms with Crippen molar-refractivity contribution < 1.29 is 0 Å². The maximum absolute atomic E-state index is 4.17. The van der Waals surface area contributed by atoms with E-state index in [0.29, 0.717) is 0 Å². The van der Waals surface area contributed by atoms with E-state index in [4.69, 9.17) is 0 Å². The average molecular weight is 295 g/mol. The van der Waals surface area contributed by atoms with Gasteiger partial charge in [0.25, 0.3) is 0 Å². The van der Waals surface area contributed by atoms with E-state index in [2.05, 4.69) is 45.5 Å². The number of nitrogens with zero attached hydrogens (tertiary/aromatic N) is 1. The summed E-state index contributed by atoms with van der Waals surface area (Å²) in [6.45, 7) is 2.07. The van der Waals surface area contributed by atoms with E-state index in [1.807, 2.05) is 30.5 Å². The van der Waals surface area contributed by atoms with Gasteiger partial charge in [0.15, 0.2) is 0 Å². The Morgan fingerprint density at radius 3 is 2.56 bits per heavy atom. The summed E-state index contributed by atoms with van der Waals surface area (Å²) in [5.41, 5.74) is 5.24. The summed E-state index contributed by atoms with van der Waals surface area (Å²) in [4.78, 5) is 1.12. The summed E-state index contributed by atoms with van der Waals surface area (Å²) in [6.07, 6.45) is 1.81. The molecule has 0 saturated heterocycles. The van der Waals surface area contributed by atoms with E-state index < -0.39 is 0 Å². The number of hydrazone groups is 1. The summed E-state index contributed by atoms with van der Waals surface area (Å²) in [5.74, 6) is 0. The predicted molar refractivity (Wildman–Crippen MR) is 74.4 cm³/mol. The minimum absolute atomic E-state index is 0.998. The third-order valence-electron chi connectivity index (χ3n) is 2.03. The molecule has 0 saturated carbocycles. The molecule has 4 heteroatoms. The van der Waals surface area contributed by atoms with Crippen LogP contribution >= 0.6 is 27.3 Å². The van der Waals surface area contributed by atoms with Gasteiger partial charge in [-0.3, -0.25) is 5.43 Å². The molecule has 0 unspecified atom stereocenters. The van der Waals surface area contributed by atoms with Crippen LogP contribution < -0.4 is 5.43 Å². The fourth-order valence-electron chi connectivity index (χ4n) is 1.20. The molecule has 16 heavy (non-hydrogen) atoms. The molecular formula is C12H11BrN2S. The Hall–Kier alpha value is -1.13. The number of aryl methyl sites for hydroxylation is 1. The zero-order chi connectivity index (χ0) is 11.4. The second-order valence-corrected chi connectivity index (χ2v) is 5.87. The van der Waals surface area contributed by atoms with Crippen molar-refractivity contribution in [3.05, 3.63) is 50.6 Å². The van der Waals surface area contributed by atoms with Gasteiger partial charge in [0, 0.05) is 4.88 Å². The normalized spacial score (nSPS) is 10.9. The first-order valence-electron chi connectivity index (χ1n) is 4.85. The molecule has 0 aliphatic carbocycles. The van der Waals surface area contributed by atoms with Crippen LogP contribution in [0, 0.1) is 6.92 Å². The van der Waals surface area contributed by atoms with Crippen LogP contribution in [0.4, 0.5) is 5.69 Å². The minimum Gasteiger partial charge on any atom is -0.278 e. The molecule has 2 nitrogen and oxygen atoms in total. The first-order valence-corrected chi connectivity index (χ1v) is 6.46. The van der Waals surface area contributed by atoms with Gasteiger partial charge in [-0.1, -0.05) is 17.7 Å². The number of anilines is 1. The van der Waals surface area contributed by atoms with E-state index in [-0.39, 0.29) is 0 Å². The van der Waals surface area contributed by atoms with Crippen molar-refractivity contribution in [1.82, 2.24) is 0 Å². The van der Waals surface area contributed by atoms with Crippen LogP contribution in [-0.4, -0.2) is 6.21 Å². The van der Waals surface area contributed by atoms with E-state index in [9.17, 15) is 0 Å². The lowest BCUT2D eigenvalue weighted by molar-refractivity contribution is 1.34. The molecule has 0 amide bonds. The Morgan fingerprint density at radius 2 is 1.94 bits per heavy atom. The monoisotopic (exact) mass is 294 g/mol. The van der Waals surface area contributed by atoms with Crippen LogP contribution in [0.3, 0.4) is 0 Å². The maximum Gasteiger partial charge on any atom is 0.0705 e. The summed E-state index contributed by atoms with van der Waals surface area (Å²) in [7, 11) is 0. The zero-order valence-corrected chi connectivity index (χ0v) is 11.2. The van der Waals surface area contributed by atoms with Crippen molar-refractivity contribution >= 4 is 39.2 Å². The van der Waals surface area contributed by atoms with Crippen molar-refractivity contribution in [2.45, 2.75) is 6.92 Å². The van der Waals surface area contributed by atoms with Gasteiger partial charge in [0.1, 0.15) is 0 Å².